The van der Waals surface area contributed by atoms with Crippen molar-refractivity contribution in [2.24, 2.45) is 17.8 Å². The second-order valence-electron chi connectivity index (χ2n) is 10.3. The standard InChI is InChI=1S/C28H35F3N2O/c1-19(2)26(21-8-4-3-5-9-21)27(34)32-25-15-12-22-17-33(18-24(22)25)16-6-7-20-10-13-23(14-11-20)28(29,30)31/h3-5,8-11,13-14,19,22,24-26H,6-7,12,15-18H2,1-2H3,(H,32,34)/t22-,24+,25+,26?/m1/s1. The van der Waals surface area contributed by atoms with E-state index >= 15 is 0 Å². The summed E-state index contributed by atoms with van der Waals surface area (Å²) < 4.78 is 38.2. The van der Waals surface area contributed by atoms with Crippen LogP contribution in [0.3, 0.4) is 0 Å². The number of hydrogen-bond donors (Lipinski definition) is 1. The average Bonchev–Trinajstić information content (AvgIpc) is 3.35. The third-order valence-electron chi connectivity index (χ3n) is 7.59. The third-order valence-corrected chi connectivity index (χ3v) is 7.59. The zero-order valence-corrected chi connectivity index (χ0v) is 20.0. The molecule has 6 heteroatoms. The van der Waals surface area contributed by atoms with Crippen molar-refractivity contribution in [2.75, 3.05) is 19.6 Å². The molecule has 1 heterocycles. The van der Waals surface area contributed by atoms with Gasteiger partial charge in [0.1, 0.15) is 0 Å². The Bertz CT molecular complexity index is 942. The smallest absolute Gasteiger partial charge is 0.352 e. The lowest BCUT2D eigenvalue weighted by molar-refractivity contribution is -0.137. The fourth-order valence-corrected chi connectivity index (χ4v) is 5.86. The summed E-state index contributed by atoms with van der Waals surface area (Å²) in [4.78, 5) is 15.7. The van der Waals surface area contributed by atoms with Gasteiger partial charge in [-0.2, -0.15) is 13.2 Å². The molecule has 2 fully saturated rings. The lowest BCUT2D eigenvalue weighted by Gasteiger charge is -2.26. The van der Waals surface area contributed by atoms with Gasteiger partial charge in [0.15, 0.2) is 0 Å². The number of likely N-dealkylation sites (tertiary alicyclic amines) is 1. The van der Waals surface area contributed by atoms with E-state index in [0.29, 0.717) is 11.8 Å². The number of carbonyl (C=O) groups is 1. The topological polar surface area (TPSA) is 32.3 Å². The largest absolute Gasteiger partial charge is 0.416 e. The van der Waals surface area contributed by atoms with Crippen molar-refractivity contribution in [1.29, 1.82) is 0 Å². The van der Waals surface area contributed by atoms with Crippen LogP contribution in [0, 0.1) is 17.8 Å². The maximum atomic E-state index is 13.2. The van der Waals surface area contributed by atoms with Crippen LogP contribution in [0.4, 0.5) is 13.2 Å². The highest BCUT2D eigenvalue weighted by Gasteiger charge is 2.43. The van der Waals surface area contributed by atoms with E-state index in [1.54, 1.807) is 12.1 Å². The first kappa shape index (κ1) is 24.8. The Balaban J connectivity index is 1.27. The summed E-state index contributed by atoms with van der Waals surface area (Å²) in [5.74, 6) is 1.32. The second-order valence-corrected chi connectivity index (χ2v) is 10.3. The summed E-state index contributed by atoms with van der Waals surface area (Å²) in [5, 5.41) is 3.39. The second kappa shape index (κ2) is 10.5. The van der Waals surface area contributed by atoms with Gasteiger partial charge in [-0.25, -0.2) is 0 Å². The maximum Gasteiger partial charge on any atom is 0.416 e. The molecule has 1 saturated heterocycles. The van der Waals surface area contributed by atoms with Gasteiger partial charge >= 0.3 is 6.18 Å². The predicted octanol–water partition coefficient (Wildman–Crippen LogP) is 5.90. The number of nitrogens with one attached hydrogen (secondary N) is 1. The van der Waals surface area contributed by atoms with Crippen LogP contribution >= 0.6 is 0 Å². The van der Waals surface area contributed by atoms with Gasteiger partial charge in [0.05, 0.1) is 11.5 Å². The number of amides is 1. The van der Waals surface area contributed by atoms with Crippen LogP contribution in [0.2, 0.25) is 0 Å². The summed E-state index contributed by atoms with van der Waals surface area (Å²) in [6.07, 6.45) is -0.403. The van der Waals surface area contributed by atoms with E-state index < -0.39 is 11.7 Å². The molecule has 2 aromatic carbocycles. The minimum Gasteiger partial charge on any atom is -0.352 e. The molecule has 1 aliphatic heterocycles. The van der Waals surface area contributed by atoms with E-state index in [1.165, 1.54) is 12.1 Å². The molecule has 1 N–H and O–H groups in total. The molecule has 4 rings (SSSR count). The summed E-state index contributed by atoms with van der Waals surface area (Å²) in [7, 11) is 0. The third kappa shape index (κ3) is 5.83. The number of alkyl halides is 3. The summed E-state index contributed by atoms with van der Waals surface area (Å²) in [6.45, 7) is 7.18. The van der Waals surface area contributed by atoms with E-state index in [1.807, 2.05) is 30.3 Å². The molecule has 1 saturated carbocycles. The molecule has 3 nitrogen and oxygen atoms in total. The average molecular weight is 473 g/mol. The first-order valence-corrected chi connectivity index (χ1v) is 12.5. The van der Waals surface area contributed by atoms with Gasteiger partial charge in [-0.05, 0) is 73.2 Å². The number of fused-ring (bicyclic) bond motifs is 1. The molecule has 0 bridgehead atoms. The van der Waals surface area contributed by atoms with Gasteiger partial charge in [0, 0.05) is 19.1 Å². The highest BCUT2D eigenvalue weighted by molar-refractivity contribution is 5.84. The number of halogens is 3. The van der Waals surface area contributed by atoms with Gasteiger partial charge in [-0.15, -0.1) is 0 Å². The fourth-order valence-electron chi connectivity index (χ4n) is 5.86. The molecule has 0 spiro atoms. The Morgan fingerprint density at radius 1 is 1.03 bits per heavy atom. The number of aryl methyl sites for hydroxylation is 1. The molecular weight excluding hydrogens is 437 g/mol. The van der Waals surface area contributed by atoms with Gasteiger partial charge in [-0.3, -0.25) is 4.79 Å². The molecule has 1 amide bonds. The van der Waals surface area contributed by atoms with Gasteiger partial charge in [-0.1, -0.05) is 56.3 Å². The zero-order chi connectivity index (χ0) is 24.3. The number of hydrogen-bond acceptors (Lipinski definition) is 2. The van der Waals surface area contributed by atoms with Gasteiger partial charge in [0.25, 0.3) is 0 Å². The predicted molar refractivity (Wildman–Crippen MR) is 128 cm³/mol. The van der Waals surface area contributed by atoms with Crippen molar-refractivity contribution in [3.05, 3.63) is 71.3 Å². The fraction of sp³-hybridized carbons (Fsp3) is 0.536. The summed E-state index contributed by atoms with van der Waals surface area (Å²) >= 11 is 0. The molecule has 2 aliphatic rings. The maximum absolute atomic E-state index is 13.2. The number of carbonyl (C=O) groups excluding carboxylic acids is 1. The van der Waals surface area contributed by atoms with Crippen molar-refractivity contribution in [1.82, 2.24) is 10.2 Å². The summed E-state index contributed by atoms with van der Waals surface area (Å²) in [5.41, 5.74) is 1.42. The van der Waals surface area contributed by atoms with Crippen molar-refractivity contribution in [2.45, 2.75) is 57.7 Å². The zero-order valence-electron chi connectivity index (χ0n) is 20.0. The Labute approximate surface area is 200 Å². The molecule has 0 aromatic heterocycles. The minimum atomic E-state index is -4.28. The Morgan fingerprint density at radius 2 is 1.74 bits per heavy atom. The lowest BCUT2D eigenvalue weighted by atomic mass is 9.87. The molecule has 1 unspecified atom stereocenters. The van der Waals surface area contributed by atoms with Crippen molar-refractivity contribution < 1.29 is 18.0 Å². The van der Waals surface area contributed by atoms with Crippen LogP contribution in [0.1, 0.15) is 55.7 Å². The van der Waals surface area contributed by atoms with Gasteiger partial charge < -0.3 is 10.2 Å². The van der Waals surface area contributed by atoms with E-state index in [-0.39, 0.29) is 23.8 Å². The molecule has 2 aromatic rings. The molecule has 34 heavy (non-hydrogen) atoms. The van der Waals surface area contributed by atoms with E-state index in [9.17, 15) is 18.0 Å². The van der Waals surface area contributed by atoms with Crippen LogP contribution in [0.15, 0.2) is 54.6 Å². The molecule has 1 aliphatic carbocycles. The van der Waals surface area contributed by atoms with Gasteiger partial charge in [0.2, 0.25) is 5.91 Å². The van der Waals surface area contributed by atoms with Crippen LogP contribution < -0.4 is 5.32 Å². The number of benzene rings is 2. The SMILES string of the molecule is CC(C)C(C(=O)N[C@H]1CC[C@@H]2CN(CCCc3ccc(C(F)(F)F)cc3)C[C@@H]21)c1ccccc1. The van der Waals surface area contributed by atoms with Crippen LogP contribution in [-0.4, -0.2) is 36.5 Å². The normalized spacial score (nSPS) is 23.8. The Morgan fingerprint density at radius 3 is 2.38 bits per heavy atom. The molecule has 4 atom stereocenters. The van der Waals surface area contributed by atoms with Crippen LogP contribution in [0.5, 0.6) is 0 Å². The van der Waals surface area contributed by atoms with E-state index in [2.05, 4.69) is 24.1 Å². The number of rotatable bonds is 8. The minimum absolute atomic E-state index is 0.132. The van der Waals surface area contributed by atoms with Crippen molar-refractivity contribution in [3.8, 4) is 0 Å². The number of nitrogens with zero attached hydrogens (tertiary/aromatic N) is 1. The highest BCUT2D eigenvalue weighted by atomic mass is 19.4. The first-order chi connectivity index (χ1) is 16.2. The first-order valence-electron chi connectivity index (χ1n) is 12.5. The van der Waals surface area contributed by atoms with E-state index in [4.69, 9.17) is 0 Å². The molecule has 184 valence electrons. The summed E-state index contributed by atoms with van der Waals surface area (Å²) in [6, 6.07) is 15.8. The highest BCUT2D eigenvalue weighted by Crippen LogP contribution is 2.39. The Hall–Kier alpha value is -2.34. The van der Waals surface area contributed by atoms with Crippen LogP contribution in [-0.2, 0) is 17.4 Å². The molecular formula is C28H35F3N2O. The monoisotopic (exact) mass is 472 g/mol. The van der Waals surface area contributed by atoms with Crippen molar-refractivity contribution >= 4 is 5.91 Å². The quantitative estimate of drug-likeness (QED) is 0.519. The molecule has 0 radical (unpaired) electrons. The lowest BCUT2D eigenvalue weighted by Crippen LogP contribution is -2.43. The van der Waals surface area contributed by atoms with Crippen LogP contribution in [0.25, 0.3) is 0 Å². The Kier molecular flexibility index (Phi) is 7.66. The van der Waals surface area contributed by atoms with Crippen molar-refractivity contribution in [3.63, 3.8) is 0 Å². The van der Waals surface area contributed by atoms with E-state index in [0.717, 1.165) is 56.4 Å².